The quantitative estimate of drug-likeness (QED) is 0.831. The van der Waals surface area contributed by atoms with Gasteiger partial charge in [0.2, 0.25) is 0 Å². The van der Waals surface area contributed by atoms with Crippen molar-refractivity contribution >= 4 is 17.3 Å². The molecule has 2 N–H and O–H groups in total. The van der Waals surface area contributed by atoms with Gasteiger partial charge in [-0.3, -0.25) is 4.90 Å². The summed E-state index contributed by atoms with van der Waals surface area (Å²) in [7, 11) is 1.51. The molecule has 3 rings (SSSR count). The van der Waals surface area contributed by atoms with Crippen LogP contribution in [0, 0.1) is 5.82 Å². The molecule has 2 aromatic rings. The molecule has 1 saturated heterocycles. The summed E-state index contributed by atoms with van der Waals surface area (Å²) in [5.41, 5.74) is 1.80. The molecule has 1 unspecified atom stereocenters. The number of nitrogens with one attached hydrogen (secondary N) is 1. The van der Waals surface area contributed by atoms with Crippen molar-refractivity contribution in [3.63, 3.8) is 0 Å². The van der Waals surface area contributed by atoms with Crippen molar-refractivity contribution in [2.24, 2.45) is 0 Å². The number of halogens is 2. The van der Waals surface area contributed by atoms with Gasteiger partial charge < -0.3 is 15.2 Å². The van der Waals surface area contributed by atoms with Crippen LogP contribution in [0.15, 0.2) is 36.4 Å². The van der Waals surface area contributed by atoms with Crippen LogP contribution in [0.5, 0.6) is 11.5 Å². The predicted molar refractivity (Wildman–Crippen MR) is 98.0 cm³/mol. The third-order valence-corrected chi connectivity index (χ3v) is 4.70. The second-order valence-electron chi connectivity index (χ2n) is 6.36. The topological polar surface area (TPSA) is 44.7 Å². The van der Waals surface area contributed by atoms with E-state index in [1.54, 1.807) is 12.1 Å². The van der Waals surface area contributed by atoms with Crippen molar-refractivity contribution in [3.8, 4) is 11.5 Å². The van der Waals surface area contributed by atoms with Gasteiger partial charge >= 0.3 is 0 Å². The SMILES string of the molecule is COc1cc(CN2CCCC(Nc3cccc(F)c3)C2)cc(Cl)c1O. The summed E-state index contributed by atoms with van der Waals surface area (Å²) in [6.45, 7) is 2.57. The zero-order valence-corrected chi connectivity index (χ0v) is 14.9. The van der Waals surface area contributed by atoms with Gasteiger partial charge in [0.05, 0.1) is 12.1 Å². The number of hydrogen-bond donors (Lipinski definition) is 2. The van der Waals surface area contributed by atoms with Crippen molar-refractivity contribution < 1.29 is 14.2 Å². The number of anilines is 1. The molecule has 0 bridgehead atoms. The number of hydrogen-bond acceptors (Lipinski definition) is 4. The number of phenols is 1. The summed E-state index contributed by atoms with van der Waals surface area (Å²) < 4.78 is 18.5. The largest absolute Gasteiger partial charge is 0.503 e. The number of aromatic hydroxyl groups is 1. The summed E-state index contributed by atoms with van der Waals surface area (Å²) in [6, 6.07) is 10.4. The smallest absolute Gasteiger partial charge is 0.176 e. The lowest BCUT2D eigenvalue weighted by atomic mass is 10.0. The second-order valence-corrected chi connectivity index (χ2v) is 6.76. The molecule has 4 nitrogen and oxygen atoms in total. The van der Waals surface area contributed by atoms with E-state index in [0.717, 1.165) is 43.7 Å². The lowest BCUT2D eigenvalue weighted by molar-refractivity contribution is 0.208. The lowest BCUT2D eigenvalue weighted by Gasteiger charge is -2.33. The number of methoxy groups -OCH3 is 1. The fraction of sp³-hybridized carbons (Fsp3) is 0.368. The molecule has 0 saturated carbocycles. The van der Waals surface area contributed by atoms with Gasteiger partial charge in [-0.1, -0.05) is 17.7 Å². The van der Waals surface area contributed by atoms with Crippen molar-refractivity contribution in [2.75, 3.05) is 25.5 Å². The molecule has 0 radical (unpaired) electrons. The normalized spacial score (nSPS) is 18.1. The Morgan fingerprint density at radius 3 is 2.96 bits per heavy atom. The third kappa shape index (κ3) is 4.55. The minimum Gasteiger partial charge on any atom is -0.503 e. The lowest BCUT2D eigenvalue weighted by Crippen LogP contribution is -2.41. The van der Waals surface area contributed by atoms with Crippen LogP contribution in [0.25, 0.3) is 0 Å². The zero-order chi connectivity index (χ0) is 17.8. The first kappa shape index (κ1) is 17.8. The number of benzene rings is 2. The van der Waals surface area contributed by atoms with Crippen LogP contribution < -0.4 is 10.1 Å². The molecular formula is C19H22ClFN2O2. The van der Waals surface area contributed by atoms with Gasteiger partial charge in [-0.15, -0.1) is 0 Å². The van der Waals surface area contributed by atoms with E-state index in [1.807, 2.05) is 12.1 Å². The fourth-order valence-corrected chi connectivity index (χ4v) is 3.50. The van der Waals surface area contributed by atoms with Gasteiger partial charge in [0.25, 0.3) is 0 Å². The van der Waals surface area contributed by atoms with Crippen LogP contribution in [0.3, 0.4) is 0 Å². The number of likely N-dealkylation sites (tertiary alicyclic amines) is 1. The highest BCUT2D eigenvalue weighted by Crippen LogP contribution is 2.35. The molecule has 0 aliphatic carbocycles. The molecule has 0 amide bonds. The summed E-state index contributed by atoms with van der Waals surface area (Å²) >= 11 is 6.07. The number of phenolic OH excluding ortho intramolecular Hbond substituents is 1. The monoisotopic (exact) mass is 364 g/mol. The van der Waals surface area contributed by atoms with E-state index >= 15 is 0 Å². The molecule has 1 fully saturated rings. The Morgan fingerprint density at radius 2 is 2.20 bits per heavy atom. The molecular weight excluding hydrogens is 343 g/mol. The van der Waals surface area contributed by atoms with Crippen LogP contribution in [0.4, 0.5) is 10.1 Å². The van der Waals surface area contributed by atoms with Crippen LogP contribution in [0.1, 0.15) is 18.4 Å². The highest BCUT2D eigenvalue weighted by molar-refractivity contribution is 6.32. The van der Waals surface area contributed by atoms with Gasteiger partial charge in [0.15, 0.2) is 11.5 Å². The van der Waals surface area contributed by atoms with E-state index in [2.05, 4.69) is 10.2 Å². The number of nitrogens with zero attached hydrogens (tertiary/aromatic N) is 1. The molecule has 1 atom stereocenters. The first-order valence-electron chi connectivity index (χ1n) is 8.35. The van der Waals surface area contributed by atoms with Crippen molar-refractivity contribution in [2.45, 2.75) is 25.4 Å². The molecule has 0 aromatic heterocycles. The zero-order valence-electron chi connectivity index (χ0n) is 14.1. The third-order valence-electron chi connectivity index (χ3n) is 4.42. The Balaban J connectivity index is 1.65. The molecule has 0 spiro atoms. The average Bonchev–Trinajstić information content (AvgIpc) is 2.58. The molecule has 2 aromatic carbocycles. The summed E-state index contributed by atoms with van der Waals surface area (Å²) in [4.78, 5) is 2.32. The van der Waals surface area contributed by atoms with Gasteiger partial charge in [-0.25, -0.2) is 4.39 Å². The highest BCUT2D eigenvalue weighted by atomic mass is 35.5. The van der Waals surface area contributed by atoms with Gasteiger partial charge in [0.1, 0.15) is 5.82 Å². The van der Waals surface area contributed by atoms with Crippen LogP contribution >= 0.6 is 11.6 Å². The highest BCUT2D eigenvalue weighted by Gasteiger charge is 2.21. The standard InChI is InChI=1S/C19H22ClFN2O2/c1-25-18-9-13(8-17(20)19(18)24)11-23-7-3-6-16(12-23)22-15-5-2-4-14(21)10-15/h2,4-5,8-10,16,22,24H,3,6-7,11-12H2,1H3. The van der Waals surface area contributed by atoms with E-state index in [0.29, 0.717) is 10.8 Å². The van der Waals surface area contributed by atoms with Crippen molar-refractivity contribution in [3.05, 3.63) is 52.8 Å². The first-order valence-corrected chi connectivity index (χ1v) is 8.73. The molecule has 25 heavy (non-hydrogen) atoms. The average molecular weight is 365 g/mol. The van der Waals surface area contributed by atoms with E-state index in [9.17, 15) is 9.50 Å². The number of piperidine rings is 1. The maximum atomic E-state index is 13.3. The minimum absolute atomic E-state index is 0.0304. The van der Waals surface area contributed by atoms with Crippen molar-refractivity contribution in [1.29, 1.82) is 0 Å². The van der Waals surface area contributed by atoms with Gasteiger partial charge in [-0.2, -0.15) is 0 Å². The van der Waals surface area contributed by atoms with Gasteiger partial charge in [-0.05, 0) is 55.3 Å². The van der Waals surface area contributed by atoms with Crippen LogP contribution in [-0.2, 0) is 6.54 Å². The minimum atomic E-state index is -0.233. The Hall–Kier alpha value is -1.98. The molecule has 134 valence electrons. The fourth-order valence-electron chi connectivity index (χ4n) is 3.26. The molecule has 1 aliphatic rings. The maximum Gasteiger partial charge on any atom is 0.176 e. The Kier molecular flexibility index (Phi) is 5.66. The molecule has 1 aliphatic heterocycles. The molecule has 1 heterocycles. The van der Waals surface area contributed by atoms with Gasteiger partial charge in [0, 0.05) is 24.8 Å². The number of rotatable bonds is 5. The van der Waals surface area contributed by atoms with Crippen molar-refractivity contribution in [1.82, 2.24) is 4.90 Å². The molecule has 6 heteroatoms. The van der Waals surface area contributed by atoms with E-state index in [1.165, 1.54) is 19.2 Å². The Morgan fingerprint density at radius 1 is 1.36 bits per heavy atom. The van der Waals surface area contributed by atoms with Crippen LogP contribution in [0.2, 0.25) is 5.02 Å². The summed E-state index contributed by atoms with van der Waals surface area (Å²) in [6.07, 6.45) is 2.11. The predicted octanol–water partition coefficient (Wildman–Crippen LogP) is 4.27. The van der Waals surface area contributed by atoms with E-state index < -0.39 is 0 Å². The Labute approximate surface area is 152 Å². The Bertz CT molecular complexity index is 741. The van der Waals surface area contributed by atoms with E-state index in [-0.39, 0.29) is 17.6 Å². The maximum absolute atomic E-state index is 13.3. The van der Waals surface area contributed by atoms with E-state index in [4.69, 9.17) is 16.3 Å². The second kappa shape index (κ2) is 7.93. The summed E-state index contributed by atoms with van der Waals surface area (Å²) in [5.74, 6) is 0.120. The number of ether oxygens (including phenoxy) is 1. The summed E-state index contributed by atoms with van der Waals surface area (Å²) in [5, 5.41) is 13.5. The van der Waals surface area contributed by atoms with Crippen LogP contribution in [-0.4, -0.2) is 36.2 Å². The first-order chi connectivity index (χ1) is 12.0.